The maximum absolute atomic E-state index is 14.0. The fourth-order valence-corrected chi connectivity index (χ4v) is 5.42. The summed E-state index contributed by atoms with van der Waals surface area (Å²) in [5.41, 5.74) is -0.439. The third kappa shape index (κ3) is 4.99. The Hall–Kier alpha value is -4.06. The van der Waals surface area contributed by atoms with Gasteiger partial charge in [0.25, 0.3) is 11.8 Å². The molecule has 3 heterocycles. The number of amides is 2. The van der Waals surface area contributed by atoms with E-state index in [2.05, 4.69) is 10.4 Å². The molecule has 12 heteroatoms. The summed E-state index contributed by atoms with van der Waals surface area (Å²) in [6, 6.07) is 7.69. The monoisotopic (exact) mass is 558 g/mol. The molecule has 0 radical (unpaired) electrons. The molecular weight excluding hydrogens is 532 g/mol. The number of likely N-dealkylation sites (N-methyl/N-ethyl adjacent to an activating group) is 1. The Labute approximate surface area is 226 Å². The highest BCUT2D eigenvalue weighted by atomic mass is 19.4. The Morgan fingerprint density at radius 3 is 2.48 bits per heavy atom. The molecule has 2 aliphatic rings. The van der Waals surface area contributed by atoms with E-state index in [0.29, 0.717) is 55.4 Å². The van der Waals surface area contributed by atoms with E-state index in [1.165, 1.54) is 35.2 Å². The van der Waals surface area contributed by atoms with Crippen LogP contribution in [0.15, 0.2) is 48.5 Å². The highest BCUT2D eigenvalue weighted by Gasteiger charge is 2.46. The van der Waals surface area contributed by atoms with Crippen molar-refractivity contribution in [1.29, 1.82) is 0 Å². The average Bonchev–Trinajstić information content (AvgIpc) is 3.33. The lowest BCUT2D eigenvalue weighted by atomic mass is 9.81. The van der Waals surface area contributed by atoms with Crippen LogP contribution in [0.1, 0.15) is 69.3 Å². The van der Waals surface area contributed by atoms with Gasteiger partial charge in [0.2, 0.25) is 0 Å². The Morgan fingerprint density at radius 1 is 1.15 bits per heavy atom. The largest absolute Gasteiger partial charge is 0.416 e. The second-order valence-electron chi connectivity index (χ2n) is 9.67. The molecule has 1 aromatic heterocycles. The summed E-state index contributed by atoms with van der Waals surface area (Å²) >= 11 is 0. The molecule has 5 rings (SSSR count). The van der Waals surface area contributed by atoms with Crippen LogP contribution in [-0.2, 0) is 15.7 Å². The van der Waals surface area contributed by atoms with Gasteiger partial charge in [-0.1, -0.05) is 18.2 Å². The van der Waals surface area contributed by atoms with E-state index in [1.807, 2.05) is 0 Å². The van der Waals surface area contributed by atoms with Crippen LogP contribution in [0, 0.1) is 5.82 Å². The van der Waals surface area contributed by atoms with E-state index in [1.54, 1.807) is 11.6 Å². The first-order valence-electron chi connectivity index (χ1n) is 12.8. The van der Waals surface area contributed by atoms with Crippen molar-refractivity contribution in [3.05, 3.63) is 82.3 Å². The van der Waals surface area contributed by atoms with E-state index in [9.17, 15) is 31.9 Å². The van der Waals surface area contributed by atoms with E-state index in [-0.39, 0.29) is 23.8 Å². The van der Waals surface area contributed by atoms with Crippen molar-refractivity contribution in [2.75, 3.05) is 24.7 Å². The van der Waals surface area contributed by atoms with Gasteiger partial charge in [0, 0.05) is 36.8 Å². The third-order valence-corrected chi connectivity index (χ3v) is 7.31. The topological polar surface area (TPSA) is 93.5 Å². The minimum absolute atomic E-state index is 0.0556. The summed E-state index contributed by atoms with van der Waals surface area (Å²) in [4.78, 5) is 41.0. The van der Waals surface area contributed by atoms with Crippen LogP contribution < -0.4 is 10.2 Å². The normalized spacial score (nSPS) is 19.8. The van der Waals surface area contributed by atoms with E-state index in [4.69, 9.17) is 4.74 Å². The lowest BCUT2D eigenvalue weighted by molar-refractivity contribution is -0.137. The second-order valence-corrected chi connectivity index (χ2v) is 9.67. The molecule has 40 heavy (non-hydrogen) atoms. The third-order valence-electron chi connectivity index (χ3n) is 7.31. The quantitative estimate of drug-likeness (QED) is 0.355. The van der Waals surface area contributed by atoms with Crippen LogP contribution in [0.25, 0.3) is 0 Å². The van der Waals surface area contributed by atoms with Gasteiger partial charge < -0.3 is 10.1 Å². The number of aldehydes is 1. The van der Waals surface area contributed by atoms with Crippen LogP contribution in [-0.4, -0.2) is 53.7 Å². The van der Waals surface area contributed by atoms with Crippen LogP contribution in [0.5, 0.6) is 0 Å². The van der Waals surface area contributed by atoms with Gasteiger partial charge in [-0.3, -0.25) is 19.3 Å². The van der Waals surface area contributed by atoms with Crippen molar-refractivity contribution in [2.45, 2.75) is 43.9 Å². The van der Waals surface area contributed by atoms with Gasteiger partial charge in [-0.05, 0) is 55.7 Å². The number of alkyl halides is 3. The minimum Gasteiger partial charge on any atom is -0.381 e. The van der Waals surface area contributed by atoms with Crippen molar-refractivity contribution < 1.29 is 36.7 Å². The van der Waals surface area contributed by atoms with Crippen LogP contribution in [0.4, 0.5) is 23.4 Å². The molecule has 2 amide bonds. The summed E-state index contributed by atoms with van der Waals surface area (Å²) in [6.45, 7) is 2.86. The number of hydrogen-bond acceptors (Lipinski definition) is 5. The molecule has 2 aromatic carbocycles. The Balaban J connectivity index is 1.64. The van der Waals surface area contributed by atoms with Crippen molar-refractivity contribution in [2.24, 2.45) is 0 Å². The molecule has 1 fully saturated rings. The van der Waals surface area contributed by atoms with Gasteiger partial charge in [0.1, 0.15) is 23.4 Å². The number of benzene rings is 2. The molecule has 0 saturated carbocycles. The molecule has 210 valence electrons. The zero-order valence-corrected chi connectivity index (χ0v) is 21.5. The lowest BCUT2D eigenvalue weighted by Crippen LogP contribution is -2.55. The predicted molar refractivity (Wildman–Crippen MR) is 136 cm³/mol. The Kier molecular flexibility index (Phi) is 7.45. The Bertz CT molecular complexity index is 1430. The SMILES string of the molecule is CCN1C(=O)C(NC(=O)c2cccc(C(F)(F)F)c2)C(c2ccc(F)cc2)c2c(C=O)nn(C3CCOCC3)c21. The fraction of sp³-hybridized carbons (Fsp3) is 0.357. The van der Waals surface area contributed by atoms with E-state index in [0.717, 1.165) is 12.1 Å². The number of nitrogens with zero attached hydrogens (tertiary/aromatic N) is 3. The summed E-state index contributed by atoms with van der Waals surface area (Å²) < 4.78 is 60.9. The predicted octanol–water partition coefficient (Wildman–Crippen LogP) is 4.50. The molecule has 2 unspecified atom stereocenters. The second kappa shape index (κ2) is 10.8. The van der Waals surface area contributed by atoms with Crippen molar-refractivity contribution in [3.63, 3.8) is 0 Å². The van der Waals surface area contributed by atoms with Crippen LogP contribution >= 0.6 is 0 Å². The van der Waals surface area contributed by atoms with Gasteiger partial charge in [-0.15, -0.1) is 0 Å². The smallest absolute Gasteiger partial charge is 0.381 e. The molecule has 3 aromatic rings. The first-order chi connectivity index (χ1) is 19.1. The highest BCUT2D eigenvalue weighted by Crippen LogP contribution is 2.44. The number of fused-ring (bicyclic) bond motifs is 1. The van der Waals surface area contributed by atoms with Gasteiger partial charge >= 0.3 is 6.18 Å². The number of aromatic nitrogens is 2. The zero-order chi connectivity index (χ0) is 28.6. The maximum atomic E-state index is 14.0. The summed E-state index contributed by atoms with van der Waals surface area (Å²) in [6.07, 6.45) is -2.89. The van der Waals surface area contributed by atoms with E-state index >= 15 is 0 Å². The number of rotatable bonds is 6. The number of ether oxygens (including phenoxy) is 1. The van der Waals surface area contributed by atoms with Crippen LogP contribution in [0.2, 0.25) is 0 Å². The summed E-state index contributed by atoms with van der Waals surface area (Å²) in [7, 11) is 0. The molecule has 0 aliphatic carbocycles. The lowest BCUT2D eigenvalue weighted by Gasteiger charge is -2.39. The Morgan fingerprint density at radius 2 is 1.85 bits per heavy atom. The molecule has 8 nitrogen and oxygen atoms in total. The number of carbonyl (C=O) groups is 3. The summed E-state index contributed by atoms with van der Waals surface area (Å²) in [5.74, 6) is -2.52. The molecular formula is C28H26F4N4O4. The van der Waals surface area contributed by atoms with Gasteiger partial charge in [-0.2, -0.15) is 18.3 Å². The number of anilines is 1. The number of carbonyl (C=O) groups excluding carboxylic acids is 3. The molecule has 2 atom stereocenters. The highest BCUT2D eigenvalue weighted by molar-refractivity contribution is 6.06. The molecule has 0 bridgehead atoms. The molecule has 1 N–H and O–H groups in total. The van der Waals surface area contributed by atoms with Gasteiger partial charge in [0.05, 0.1) is 11.6 Å². The number of hydrogen-bond donors (Lipinski definition) is 1. The summed E-state index contributed by atoms with van der Waals surface area (Å²) in [5, 5.41) is 7.17. The van der Waals surface area contributed by atoms with E-state index < -0.39 is 41.3 Å². The standard InChI is InChI=1S/C28H26F4N4O4/c1-2-35-26-23(21(15-37)34-36(26)20-10-12-40-13-11-20)22(16-6-8-19(29)9-7-16)24(27(35)39)33-25(38)17-4-3-5-18(14-17)28(30,31)32/h3-9,14-15,20,22,24H,2,10-13H2,1H3,(H,33,38). The van der Waals surface area contributed by atoms with Gasteiger partial charge in [0.15, 0.2) is 6.29 Å². The molecule has 0 spiro atoms. The molecule has 2 aliphatic heterocycles. The minimum atomic E-state index is -4.67. The van der Waals surface area contributed by atoms with Crippen LogP contribution in [0.3, 0.4) is 0 Å². The molecule has 1 saturated heterocycles. The number of halogens is 4. The first kappa shape index (κ1) is 27.5. The zero-order valence-electron chi connectivity index (χ0n) is 21.5. The van der Waals surface area contributed by atoms with Crippen molar-refractivity contribution in [3.8, 4) is 0 Å². The van der Waals surface area contributed by atoms with Crippen molar-refractivity contribution >= 4 is 23.9 Å². The maximum Gasteiger partial charge on any atom is 0.416 e. The number of nitrogens with one attached hydrogen (secondary N) is 1. The van der Waals surface area contributed by atoms with Crippen molar-refractivity contribution in [1.82, 2.24) is 15.1 Å². The first-order valence-corrected chi connectivity index (χ1v) is 12.8. The fourth-order valence-electron chi connectivity index (χ4n) is 5.42. The average molecular weight is 559 g/mol. The van der Waals surface area contributed by atoms with Gasteiger partial charge in [-0.25, -0.2) is 9.07 Å².